The van der Waals surface area contributed by atoms with Crippen molar-refractivity contribution in [3.8, 4) is 22.6 Å². The molecule has 3 aromatic rings. The average Bonchev–Trinajstić information content (AvgIpc) is 2.74. The molecule has 0 radical (unpaired) electrons. The molecule has 0 fully saturated rings. The zero-order chi connectivity index (χ0) is 22.0. The molecule has 1 aliphatic rings. The topological polar surface area (TPSA) is 71.5 Å². The Bertz CT molecular complexity index is 1180. The normalized spacial score (nSPS) is 14.2. The van der Waals surface area contributed by atoms with Gasteiger partial charge in [-0.3, -0.25) is 4.79 Å². The van der Waals surface area contributed by atoms with Crippen LogP contribution < -0.4 is 10.1 Å². The molecule has 1 aliphatic heterocycles. The predicted octanol–water partition coefficient (Wildman–Crippen LogP) is 5.43. The van der Waals surface area contributed by atoms with E-state index in [0.717, 1.165) is 16.7 Å². The highest BCUT2D eigenvalue weighted by atomic mass is 19.1. The molecular weight excluding hydrogens is 395 g/mol. The lowest BCUT2D eigenvalue weighted by Crippen LogP contribution is -2.27. The Morgan fingerprint density at radius 1 is 1.16 bits per heavy atom. The molecule has 0 bridgehead atoms. The Kier molecular flexibility index (Phi) is 5.29. The van der Waals surface area contributed by atoms with E-state index < -0.39 is 11.5 Å². The molecule has 0 atom stereocenters. The van der Waals surface area contributed by atoms with Gasteiger partial charge in [-0.15, -0.1) is 0 Å². The number of halogens is 1. The zero-order valence-electron chi connectivity index (χ0n) is 17.1. The number of aromatic hydroxyl groups is 1. The van der Waals surface area contributed by atoms with Crippen LogP contribution in [-0.2, 0) is 4.79 Å². The SMILES string of the molecule is CC1(C)C=Cc2cc(C=CC(=O)Nc3ccc(O)cc3)cc(-c3ccc(F)nc3)c2O1. The Labute approximate surface area is 179 Å². The molecule has 156 valence electrons. The van der Waals surface area contributed by atoms with Gasteiger partial charge in [0.2, 0.25) is 11.9 Å². The number of rotatable bonds is 4. The fourth-order valence-corrected chi connectivity index (χ4v) is 3.25. The number of pyridine rings is 1. The lowest BCUT2D eigenvalue weighted by atomic mass is 9.94. The molecule has 0 saturated carbocycles. The van der Waals surface area contributed by atoms with E-state index in [9.17, 15) is 14.3 Å². The highest BCUT2D eigenvalue weighted by Gasteiger charge is 2.25. The molecule has 0 aliphatic carbocycles. The van der Waals surface area contributed by atoms with Gasteiger partial charge in [-0.2, -0.15) is 4.39 Å². The van der Waals surface area contributed by atoms with E-state index in [4.69, 9.17) is 4.74 Å². The largest absolute Gasteiger partial charge is 0.508 e. The number of hydrogen-bond donors (Lipinski definition) is 2. The number of phenols is 1. The minimum absolute atomic E-state index is 0.129. The molecule has 6 heteroatoms. The molecule has 1 amide bonds. The van der Waals surface area contributed by atoms with Crippen molar-refractivity contribution in [3.05, 3.63) is 84.0 Å². The van der Waals surface area contributed by atoms with Crippen molar-refractivity contribution in [1.29, 1.82) is 0 Å². The van der Waals surface area contributed by atoms with Gasteiger partial charge in [-0.25, -0.2) is 4.98 Å². The highest BCUT2D eigenvalue weighted by molar-refractivity contribution is 6.02. The van der Waals surface area contributed by atoms with Crippen LogP contribution in [0.5, 0.6) is 11.5 Å². The van der Waals surface area contributed by atoms with Crippen LogP contribution in [0.2, 0.25) is 0 Å². The summed E-state index contributed by atoms with van der Waals surface area (Å²) < 4.78 is 19.5. The van der Waals surface area contributed by atoms with Crippen LogP contribution in [0.15, 0.2) is 66.9 Å². The number of benzene rings is 2. The number of nitrogens with zero attached hydrogens (tertiary/aromatic N) is 1. The molecule has 0 saturated heterocycles. The molecule has 1 aromatic heterocycles. The van der Waals surface area contributed by atoms with E-state index in [1.165, 1.54) is 30.5 Å². The molecule has 2 heterocycles. The molecule has 5 nitrogen and oxygen atoms in total. The van der Waals surface area contributed by atoms with Gasteiger partial charge in [0, 0.05) is 34.7 Å². The van der Waals surface area contributed by atoms with Gasteiger partial charge >= 0.3 is 0 Å². The van der Waals surface area contributed by atoms with Gasteiger partial charge in [-0.05, 0) is 80.1 Å². The van der Waals surface area contributed by atoms with E-state index in [-0.39, 0.29) is 11.7 Å². The summed E-state index contributed by atoms with van der Waals surface area (Å²) in [5.41, 5.74) is 3.23. The number of amides is 1. The predicted molar refractivity (Wildman–Crippen MR) is 119 cm³/mol. The first kappa shape index (κ1) is 20.3. The maximum Gasteiger partial charge on any atom is 0.248 e. The Hall–Kier alpha value is -3.93. The second-order valence-corrected chi connectivity index (χ2v) is 7.76. The molecule has 4 rings (SSSR count). The van der Waals surface area contributed by atoms with E-state index in [1.54, 1.807) is 24.3 Å². The number of hydrogen-bond acceptors (Lipinski definition) is 4. The number of nitrogens with one attached hydrogen (secondary N) is 1. The molecule has 2 aromatic carbocycles. The van der Waals surface area contributed by atoms with E-state index in [1.807, 2.05) is 38.1 Å². The van der Waals surface area contributed by atoms with Crippen molar-refractivity contribution in [3.63, 3.8) is 0 Å². The Balaban J connectivity index is 1.66. The first-order valence-corrected chi connectivity index (χ1v) is 9.75. The number of fused-ring (bicyclic) bond motifs is 1. The zero-order valence-corrected chi connectivity index (χ0v) is 17.1. The number of aromatic nitrogens is 1. The summed E-state index contributed by atoms with van der Waals surface area (Å²) in [6, 6.07) is 13.0. The van der Waals surface area contributed by atoms with Gasteiger partial charge < -0.3 is 15.2 Å². The molecular formula is C25H21FN2O3. The second kappa shape index (κ2) is 8.07. The molecule has 31 heavy (non-hydrogen) atoms. The summed E-state index contributed by atoms with van der Waals surface area (Å²) in [7, 11) is 0. The van der Waals surface area contributed by atoms with Crippen LogP contribution >= 0.6 is 0 Å². The van der Waals surface area contributed by atoms with Crippen molar-refractivity contribution in [1.82, 2.24) is 4.98 Å². The van der Waals surface area contributed by atoms with E-state index >= 15 is 0 Å². The number of carbonyl (C=O) groups excluding carboxylic acids is 1. The quantitative estimate of drug-likeness (QED) is 0.338. The summed E-state index contributed by atoms with van der Waals surface area (Å²) in [4.78, 5) is 16.0. The third kappa shape index (κ3) is 4.80. The maximum absolute atomic E-state index is 13.3. The Morgan fingerprint density at radius 2 is 1.94 bits per heavy atom. The van der Waals surface area contributed by atoms with Crippen molar-refractivity contribution in [2.24, 2.45) is 0 Å². The number of phenolic OH excluding ortho intramolecular Hbond substituents is 1. The third-order valence-electron chi connectivity index (χ3n) is 4.77. The Morgan fingerprint density at radius 3 is 2.65 bits per heavy atom. The number of anilines is 1. The van der Waals surface area contributed by atoms with Gasteiger partial charge in [0.15, 0.2) is 0 Å². The summed E-state index contributed by atoms with van der Waals surface area (Å²) >= 11 is 0. The van der Waals surface area contributed by atoms with Crippen LogP contribution in [0.25, 0.3) is 23.3 Å². The fourth-order valence-electron chi connectivity index (χ4n) is 3.25. The minimum Gasteiger partial charge on any atom is -0.508 e. The first-order chi connectivity index (χ1) is 14.8. The van der Waals surface area contributed by atoms with Crippen LogP contribution in [0.3, 0.4) is 0 Å². The summed E-state index contributed by atoms with van der Waals surface area (Å²) in [5.74, 6) is -0.0440. The maximum atomic E-state index is 13.3. The number of ether oxygens (including phenoxy) is 1. The van der Waals surface area contributed by atoms with Crippen molar-refractivity contribution in [2.45, 2.75) is 19.4 Å². The smallest absolute Gasteiger partial charge is 0.248 e. The van der Waals surface area contributed by atoms with Gasteiger partial charge in [0.05, 0.1) is 0 Å². The minimum atomic E-state index is -0.555. The fraction of sp³-hybridized carbons (Fsp3) is 0.120. The molecule has 0 spiro atoms. The van der Waals surface area contributed by atoms with Crippen LogP contribution in [0.4, 0.5) is 10.1 Å². The van der Waals surface area contributed by atoms with E-state index in [0.29, 0.717) is 17.0 Å². The van der Waals surface area contributed by atoms with Gasteiger partial charge in [-0.1, -0.05) is 6.08 Å². The van der Waals surface area contributed by atoms with Crippen LogP contribution in [-0.4, -0.2) is 21.6 Å². The van der Waals surface area contributed by atoms with Crippen molar-refractivity contribution in [2.75, 3.05) is 5.32 Å². The van der Waals surface area contributed by atoms with Crippen molar-refractivity contribution >= 4 is 23.7 Å². The average molecular weight is 416 g/mol. The summed E-state index contributed by atoms with van der Waals surface area (Å²) in [5, 5.41) is 12.1. The van der Waals surface area contributed by atoms with Crippen LogP contribution in [0, 0.1) is 5.95 Å². The lowest BCUT2D eigenvalue weighted by Gasteiger charge is -2.30. The first-order valence-electron chi connectivity index (χ1n) is 9.75. The van der Waals surface area contributed by atoms with Crippen LogP contribution in [0.1, 0.15) is 25.0 Å². The number of carbonyl (C=O) groups is 1. The van der Waals surface area contributed by atoms with Gasteiger partial charge in [0.25, 0.3) is 0 Å². The molecule has 2 N–H and O–H groups in total. The van der Waals surface area contributed by atoms with E-state index in [2.05, 4.69) is 10.3 Å². The second-order valence-electron chi connectivity index (χ2n) is 7.76. The van der Waals surface area contributed by atoms with Crippen molar-refractivity contribution < 1.29 is 19.0 Å². The monoisotopic (exact) mass is 416 g/mol. The van der Waals surface area contributed by atoms with Gasteiger partial charge in [0.1, 0.15) is 17.1 Å². The third-order valence-corrected chi connectivity index (χ3v) is 4.77. The molecule has 0 unspecified atom stereocenters. The summed E-state index contributed by atoms with van der Waals surface area (Å²) in [6.07, 6.45) is 8.54. The summed E-state index contributed by atoms with van der Waals surface area (Å²) in [6.45, 7) is 3.92. The standard InChI is InChI=1S/C25H21FN2O3/c1-25(2)12-11-17-13-16(3-10-23(30)28-19-5-7-20(29)8-6-19)14-21(24(17)31-25)18-4-9-22(26)27-15-18/h3-15,29H,1-2H3,(H,28,30). The highest BCUT2D eigenvalue weighted by Crippen LogP contribution is 2.40. The lowest BCUT2D eigenvalue weighted by molar-refractivity contribution is -0.111.